The molecule has 14 heavy (non-hydrogen) atoms. The third kappa shape index (κ3) is 2.22. The fourth-order valence-electron chi connectivity index (χ4n) is 1.30. The minimum atomic E-state index is 0.856. The van der Waals surface area contributed by atoms with E-state index in [9.17, 15) is 0 Å². The molecule has 0 spiro atoms. The van der Waals surface area contributed by atoms with Crippen LogP contribution < -0.4 is 5.32 Å². The largest absolute Gasteiger partial charge is 0.393 e. The molecule has 2 heteroatoms. The Morgan fingerprint density at radius 2 is 2.36 bits per heavy atom. The average molecular weight is 188 g/mol. The Balaban J connectivity index is 2.74. The van der Waals surface area contributed by atoms with Crippen molar-refractivity contribution in [3.8, 4) is 0 Å². The first-order valence-corrected chi connectivity index (χ1v) is 4.61. The lowest BCUT2D eigenvalue weighted by atomic mass is 10.0. The highest BCUT2D eigenvalue weighted by atomic mass is 14.8. The van der Waals surface area contributed by atoms with Crippen molar-refractivity contribution in [3.63, 3.8) is 0 Å². The van der Waals surface area contributed by atoms with Crippen LogP contribution in [0.25, 0.3) is 0 Å². The number of nitrogens with one attached hydrogen (secondary N) is 1. The van der Waals surface area contributed by atoms with Gasteiger partial charge in [0.25, 0.3) is 0 Å². The van der Waals surface area contributed by atoms with Crippen molar-refractivity contribution < 1.29 is 0 Å². The van der Waals surface area contributed by atoms with Crippen LogP contribution in [0.2, 0.25) is 0 Å². The summed E-state index contributed by atoms with van der Waals surface area (Å²) in [6.45, 7) is 9.63. The lowest BCUT2D eigenvalue weighted by Crippen LogP contribution is -2.00. The number of rotatable bonds is 4. The first kappa shape index (κ1) is 10.5. The van der Waals surface area contributed by atoms with E-state index in [1.54, 1.807) is 0 Å². The molecule has 0 aromatic heterocycles. The lowest BCUT2D eigenvalue weighted by Gasteiger charge is -2.03. The normalized spacial score (nSPS) is 16.0. The van der Waals surface area contributed by atoms with Crippen molar-refractivity contribution in [2.45, 2.75) is 13.3 Å². The molecule has 0 bridgehead atoms. The van der Waals surface area contributed by atoms with Crippen molar-refractivity contribution in [2.24, 2.45) is 4.99 Å². The molecule has 1 aliphatic heterocycles. The third-order valence-electron chi connectivity index (χ3n) is 2.12. The Morgan fingerprint density at radius 3 is 2.79 bits per heavy atom. The monoisotopic (exact) mass is 188 g/mol. The molecule has 0 saturated heterocycles. The molecular formula is C12H16N2. The highest BCUT2D eigenvalue weighted by molar-refractivity contribution is 6.03. The zero-order valence-electron chi connectivity index (χ0n) is 8.80. The van der Waals surface area contributed by atoms with Crippen molar-refractivity contribution >= 4 is 5.71 Å². The van der Waals surface area contributed by atoms with E-state index in [1.807, 2.05) is 32.4 Å². The Kier molecular flexibility index (Phi) is 3.46. The van der Waals surface area contributed by atoms with E-state index in [0.29, 0.717) is 0 Å². The van der Waals surface area contributed by atoms with Gasteiger partial charge < -0.3 is 5.32 Å². The molecule has 0 radical (unpaired) electrons. The second-order valence-electron chi connectivity index (χ2n) is 3.28. The summed E-state index contributed by atoms with van der Waals surface area (Å²) < 4.78 is 0. The second kappa shape index (κ2) is 4.61. The van der Waals surface area contributed by atoms with E-state index in [0.717, 1.165) is 23.3 Å². The highest BCUT2D eigenvalue weighted by Gasteiger charge is 2.12. The van der Waals surface area contributed by atoms with Gasteiger partial charge in [0.2, 0.25) is 0 Å². The van der Waals surface area contributed by atoms with Crippen LogP contribution in [0, 0.1) is 0 Å². The number of allylic oxidation sites excluding steroid dienone is 4. The Morgan fingerprint density at radius 1 is 1.64 bits per heavy atom. The number of hydrogen-bond acceptors (Lipinski definition) is 2. The lowest BCUT2D eigenvalue weighted by molar-refractivity contribution is 1.08. The maximum Gasteiger partial charge on any atom is 0.0471 e. The zero-order valence-corrected chi connectivity index (χ0v) is 8.80. The van der Waals surface area contributed by atoms with E-state index in [1.165, 1.54) is 5.57 Å². The SMILES string of the molecule is C=C/C(=C\NC)C1=CN=C(C(=C)C)C1. The van der Waals surface area contributed by atoms with Gasteiger partial charge in [-0.3, -0.25) is 4.99 Å². The standard InChI is InChI=1S/C12H16N2/c1-5-10(7-13-4)11-6-12(9(2)3)14-8-11/h5,7-8,13H,1-2,6H2,3-4H3/b10-7+. The van der Waals surface area contributed by atoms with Gasteiger partial charge in [-0.1, -0.05) is 19.2 Å². The summed E-state index contributed by atoms with van der Waals surface area (Å²) in [4.78, 5) is 4.31. The summed E-state index contributed by atoms with van der Waals surface area (Å²) in [6.07, 6.45) is 6.50. The Bertz CT molecular complexity index is 343. The van der Waals surface area contributed by atoms with Crippen LogP contribution in [0.3, 0.4) is 0 Å². The van der Waals surface area contributed by atoms with Gasteiger partial charge in [-0.15, -0.1) is 0 Å². The van der Waals surface area contributed by atoms with Gasteiger partial charge in [0, 0.05) is 31.6 Å². The van der Waals surface area contributed by atoms with Gasteiger partial charge in [-0.05, 0) is 23.6 Å². The molecule has 0 fully saturated rings. The molecule has 1 N–H and O–H groups in total. The number of aliphatic imine (C=N–C) groups is 1. The molecule has 1 aliphatic rings. The first-order valence-electron chi connectivity index (χ1n) is 4.61. The van der Waals surface area contributed by atoms with Gasteiger partial charge in [0.05, 0.1) is 0 Å². The van der Waals surface area contributed by atoms with Crippen molar-refractivity contribution in [2.75, 3.05) is 7.05 Å². The van der Waals surface area contributed by atoms with Crippen LogP contribution in [0.1, 0.15) is 13.3 Å². The van der Waals surface area contributed by atoms with Crippen LogP contribution in [0.5, 0.6) is 0 Å². The molecule has 1 rings (SSSR count). The van der Waals surface area contributed by atoms with Gasteiger partial charge in [0.15, 0.2) is 0 Å². The van der Waals surface area contributed by atoms with Crippen molar-refractivity contribution in [1.82, 2.24) is 5.32 Å². The average Bonchev–Trinajstić information content (AvgIpc) is 2.63. The number of nitrogens with zero attached hydrogens (tertiary/aromatic N) is 1. The summed E-state index contributed by atoms with van der Waals surface area (Å²) in [6, 6.07) is 0. The van der Waals surface area contributed by atoms with Gasteiger partial charge in [0.1, 0.15) is 0 Å². The molecule has 0 amide bonds. The minimum Gasteiger partial charge on any atom is -0.393 e. The number of hydrogen-bond donors (Lipinski definition) is 1. The summed E-state index contributed by atoms with van der Waals surface area (Å²) in [5, 5.41) is 2.99. The fraction of sp³-hybridized carbons (Fsp3) is 0.250. The van der Waals surface area contributed by atoms with Crippen molar-refractivity contribution in [1.29, 1.82) is 0 Å². The first-order chi connectivity index (χ1) is 6.69. The molecule has 74 valence electrons. The predicted molar refractivity (Wildman–Crippen MR) is 62.3 cm³/mol. The topological polar surface area (TPSA) is 24.4 Å². The molecule has 0 aromatic rings. The summed E-state index contributed by atoms with van der Waals surface area (Å²) in [5.41, 5.74) is 4.37. The maximum absolute atomic E-state index is 4.31. The zero-order chi connectivity index (χ0) is 10.6. The molecule has 0 atom stereocenters. The van der Waals surface area contributed by atoms with Crippen molar-refractivity contribution in [3.05, 3.63) is 48.4 Å². The molecule has 0 aliphatic carbocycles. The smallest absolute Gasteiger partial charge is 0.0471 e. The van der Waals surface area contributed by atoms with E-state index in [-0.39, 0.29) is 0 Å². The summed E-state index contributed by atoms with van der Waals surface area (Å²) >= 11 is 0. The second-order valence-corrected chi connectivity index (χ2v) is 3.28. The minimum absolute atomic E-state index is 0.856. The Hall–Kier alpha value is -1.57. The van der Waals surface area contributed by atoms with E-state index in [2.05, 4.69) is 23.5 Å². The van der Waals surface area contributed by atoms with Crippen LogP contribution >= 0.6 is 0 Å². The summed E-state index contributed by atoms with van der Waals surface area (Å²) in [5.74, 6) is 0. The van der Waals surface area contributed by atoms with Crippen LogP contribution in [0.15, 0.2) is 53.3 Å². The summed E-state index contributed by atoms with van der Waals surface area (Å²) in [7, 11) is 1.87. The molecule has 2 nitrogen and oxygen atoms in total. The highest BCUT2D eigenvalue weighted by Crippen LogP contribution is 2.22. The van der Waals surface area contributed by atoms with E-state index in [4.69, 9.17) is 0 Å². The third-order valence-corrected chi connectivity index (χ3v) is 2.12. The van der Waals surface area contributed by atoms with Crippen LogP contribution in [-0.2, 0) is 0 Å². The molecule has 1 heterocycles. The van der Waals surface area contributed by atoms with E-state index >= 15 is 0 Å². The van der Waals surface area contributed by atoms with Crippen LogP contribution in [0.4, 0.5) is 0 Å². The van der Waals surface area contributed by atoms with Crippen LogP contribution in [-0.4, -0.2) is 12.8 Å². The van der Waals surface area contributed by atoms with Gasteiger partial charge >= 0.3 is 0 Å². The molecule has 0 aromatic carbocycles. The van der Waals surface area contributed by atoms with Gasteiger partial charge in [-0.25, -0.2) is 0 Å². The fourth-order valence-corrected chi connectivity index (χ4v) is 1.30. The maximum atomic E-state index is 4.31. The molecular weight excluding hydrogens is 172 g/mol. The predicted octanol–water partition coefficient (Wildman–Crippen LogP) is 2.58. The Labute approximate surface area is 85.4 Å². The molecule has 0 saturated carbocycles. The quantitative estimate of drug-likeness (QED) is 0.674. The molecule has 0 unspecified atom stereocenters. The van der Waals surface area contributed by atoms with E-state index < -0.39 is 0 Å². The van der Waals surface area contributed by atoms with Gasteiger partial charge in [-0.2, -0.15) is 0 Å².